The molecule has 0 bridgehead atoms. The standard InChI is InChI=1S/C18H20ClNO4/c1-10-11(2)18(21)24-16-13(10)6-15(19)17-14(16)8-20(9-23-17)7-12-4-3-5-22-12/h6,12H,3-5,7-9H2,1-2H3/p+1/t12-/m1/s1. The third-order valence-electron chi connectivity index (χ3n) is 5.14. The third kappa shape index (κ3) is 2.61. The third-order valence-corrected chi connectivity index (χ3v) is 5.42. The van der Waals surface area contributed by atoms with Gasteiger partial charge in [0.15, 0.2) is 11.3 Å². The van der Waals surface area contributed by atoms with Crippen LogP contribution in [0.2, 0.25) is 5.02 Å². The summed E-state index contributed by atoms with van der Waals surface area (Å²) < 4.78 is 17.2. The maximum Gasteiger partial charge on any atom is 0.339 e. The Labute approximate surface area is 145 Å². The molecule has 0 radical (unpaired) electrons. The second kappa shape index (κ2) is 6.06. The zero-order chi connectivity index (χ0) is 16.8. The second-order valence-electron chi connectivity index (χ2n) is 6.74. The van der Waals surface area contributed by atoms with Gasteiger partial charge in [-0.2, -0.15) is 0 Å². The summed E-state index contributed by atoms with van der Waals surface area (Å²) >= 11 is 6.42. The molecule has 3 heterocycles. The summed E-state index contributed by atoms with van der Waals surface area (Å²) in [7, 11) is 0. The number of hydrogen-bond donors (Lipinski definition) is 1. The monoisotopic (exact) mass is 350 g/mol. The molecule has 1 unspecified atom stereocenters. The SMILES string of the molecule is Cc1c(C)c2cc(Cl)c3c(c2oc1=O)C[NH+](C[C@H]1CCCO1)CO3. The van der Waals surface area contributed by atoms with Gasteiger partial charge < -0.3 is 13.9 Å². The predicted octanol–water partition coefficient (Wildman–Crippen LogP) is 1.98. The van der Waals surface area contributed by atoms with Crippen molar-refractivity contribution in [2.24, 2.45) is 0 Å². The maximum absolute atomic E-state index is 12.1. The first-order valence-electron chi connectivity index (χ1n) is 8.38. The number of halogens is 1. The van der Waals surface area contributed by atoms with Crippen LogP contribution in [-0.2, 0) is 11.3 Å². The molecule has 0 amide bonds. The first-order chi connectivity index (χ1) is 11.5. The Morgan fingerprint density at radius 1 is 1.33 bits per heavy atom. The van der Waals surface area contributed by atoms with Crippen molar-refractivity contribution in [3.63, 3.8) is 0 Å². The number of nitrogens with one attached hydrogen (secondary N) is 1. The van der Waals surface area contributed by atoms with Crippen LogP contribution in [0.15, 0.2) is 15.3 Å². The van der Waals surface area contributed by atoms with Crippen molar-refractivity contribution in [1.82, 2.24) is 0 Å². The molecule has 6 heteroatoms. The van der Waals surface area contributed by atoms with E-state index in [1.54, 1.807) is 6.92 Å². The van der Waals surface area contributed by atoms with Gasteiger partial charge in [0.05, 0.1) is 10.6 Å². The second-order valence-corrected chi connectivity index (χ2v) is 7.14. The van der Waals surface area contributed by atoms with E-state index in [4.69, 9.17) is 25.5 Å². The molecule has 4 rings (SSSR count). The van der Waals surface area contributed by atoms with E-state index in [0.29, 0.717) is 28.6 Å². The molecule has 24 heavy (non-hydrogen) atoms. The van der Waals surface area contributed by atoms with E-state index in [-0.39, 0.29) is 11.7 Å². The summed E-state index contributed by atoms with van der Waals surface area (Å²) in [6, 6.07) is 1.84. The summed E-state index contributed by atoms with van der Waals surface area (Å²) in [6.45, 7) is 6.71. The van der Waals surface area contributed by atoms with E-state index in [0.717, 1.165) is 49.1 Å². The van der Waals surface area contributed by atoms with Crippen LogP contribution in [0, 0.1) is 13.8 Å². The molecule has 1 aromatic carbocycles. The fourth-order valence-electron chi connectivity index (χ4n) is 3.64. The number of aryl methyl sites for hydroxylation is 1. The minimum Gasteiger partial charge on any atom is -0.443 e. The van der Waals surface area contributed by atoms with E-state index in [2.05, 4.69) is 0 Å². The van der Waals surface area contributed by atoms with Crippen LogP contribution in [0.4, 0.5) is 0 Å². The van der Waals surface area contributed by atoms with Gasteiger partial charge in [0.1, 0.15) is 19.2 Å². The number of fused-ring (bicyclic) bond motifs is 3. The van der Waals surface area contributed by atoms with Crippen molar-refractivity contribution in [2.45, 2.75) is 39.3 Å². The minimum atomic E-state index is -0.296. The zero-order valence-electron chi connectivity index (χ0n) is 13.9. The summed E-state index contributed by atoms with van der Waals surface area (Å²) in [6.07, 6.45) is 2.50. The number of ether oxygens (including phenoxy) is 2. The lowest BCUT2D eigenvalue weighted by Crippen LogP contribution is -3.13. The Balaban J connectivity index is 1.77. The van der Waals surface area contributed by atoms with Crippen molar-refractivity contribution in [2.75, 3.05) is 19.9 Å². The molecule has 5 nitrogen and oxygen atoms in total. The van der Waals surface area contributed by atoms with Crippen molar-refractivity contribution in [1.29, 1.82) is 0 Å². The molecule has 1 fully saturated rings. The van der Waals surface area contributed by atoms with Gasteiger partial charge in [-0.05, 0) is 38.3 Å². The Hall–Kier alpha value is -1.56. The highest BCUT2D eigenvalue weighted by atomic mass is 35.5. The lowest BCUT2D eigenvalue weighted by Gasteiger charge is -2.28. The molecule has 128 valence electrons. The van der Waals surface area contributed by atoms with Gasteiger partial charge in [-0.1, -0.05) is 11.6 Å². The molecule has 1 aromatic heterocycles. The highest BCUT2D eigenvalue weighted by Crippen LogP contribution is 2.37. The van der Waals surface area contributed by atoms with Crippen LogP contribution in [0.3, 0.4) is 0 Å². The Bertz CT molecular complexity index is 854. The first-order valence-corrected chi connectivity index (χ1v) is 8.75. The molecule has 2 aromatic rings. The average Bonchev–Trinajstić information content (AvgIpc) is 3.07. The topological polar surface area (TPSA) is 53.1 Å². The van der Waals surface area contributed by atoms with Crippen LogP contribution in [0.1, 0.15) is 29.5 Å². The number of hydrogen-bond acceptors (Lipinski definition) is 4. The van der Waals surface area contributed by atoms with Gasteiger partial charge in [-0.25, -0.2) is 4.79 Å². The Morgan fingerprint density at radius 2 is 2.17 bits per heavy atom. The summed E-state index contributed by atoms with van der Waals surface area (Å²) in [5.41, 5.74) is 2.73. The molecule has 1 N–H and O–H groups in total. The Kier molecular flexibility index (Phi) is 4.03. The summed E-state index contributed by atoms with van der Waals surface area (Å²) in [5, 5.41) is 1.46. The van der Waals surface area contributed by atoms with Crippen molar-refractivity contribution < 1.29 is 18.8 Å². The highest BCUT2D eigenvalue weighted by molar-refractivity contribution is 6.33. The number of benzene rings is 1. The molecule has 2 aliphatic rings. The molecular formula is C18H21ClNO4+. The predicted molar refractivity (Wildman–Crippen MR) is 91.0 cm³/mol. The van der Waals surface area contributed by atoms with Gasteiger partial charge >= 0.3 is 5.63 Å². The van der Waals surface area contributed by atoms with Gasteiger partial charge in [-0.3, -0.25) is 4.90 Å². The lowest BCUT2D eigenvalue weighted by atomic mass is 10.0. The van der Waals surface area contributed by atoms with Gasteiger partial charge in [0.25, 0.3) is 0 Å². The fourth-order valence-corrected chi connectivity index (χ4v) is 3.92. The van der Waals surface area contributed by atoms with Crippen LogP contribution in [0.5, 0.6) is 5.75 Å². The Morgan fingerprint density at radius 3 is 2.92 bits per heavy atom. The quantitative estimate of drug-likeness (QED) is 0.841. The van der Waals surface area contributed by atoms with Crippen LogP contribution in [-0.4, -0.2) is 26.0 Å². The van der Waals surface area contributed by atoms with Crippen molar-refractivity contribution >= 4 is 22.6 Å². The van der Waals surface area contributed by atoms with Crippen LogP contribution >= 0.6 is 11.6 Å². The van der Waals surface area contributed by atoms with E-state index in [1.807, 2.05) is 13.0 Å². The minimum absolute atomic E-state index is 0.284. The van der Waals surface area contributed by atoms with E-state index in [9.17, 15) is 4.79 Å². The average molecular weight is 351 g/mol. The molecule has 0 saturated carbocycles. The normalized spacial score (nSPS) is 23.3. The van der Waals surface area contributed by atoms with Crippen molar-refractivity contribution in [3.8, 4) is 5.75 Å². The van der Waals surface area contributed by atoms with Gasteiger partial charge in [-0.15, -0.1) is 0 Å². The largest absolute Gasteiger partial charge is 0.443 e. The van der Waals surface area contributed by atoms with Crippen LogP contribution in [0.25, 0.3) is 11.0 Å². The molecular weight excluding hydrogens is 330 g/mol. The van der Waals surface area contributed by atoms with E-state index < -0.39 is 0 Å². The first kappa shape index (κ1) is 15.9. The lowest BCUT2D eigenvalue weighted by molar-refractivity contribution is -0.935. The van der Waals surface area contributed by atoms with Gasteiger partial charge in [0, 0.05) is 17.6 Å². The van der Waals surface area contributed by atoms with E-state index in [1.165, 1.54) is 4.90 Å². The maximum atomic E-state index is 12.1. The van der Waals surface area contributed by atoms with E-state index >= 15 is 0 Å². The molecule has 2 aliphatic heterocycles. The fraction of sp³-hybridized carbons (Fsp3) is 0.500. The van der Waals surface area contributed by atoms with Gasteiger partial charge in [0.2, 0.25) is 6.73 Å². The molecule has 0 spiro atoms. The zero-order valence-corrected chi connectivity index (χ0v) is 14.7. The molecule has 2 atom stereocenters. The molecule has 0 aliphatic carbocycles. The summed E-state index contributed by atoms with van der Waals surface area (Å²) in [4.78, 5) is 13.4. The highest BCUT2D eigenvalue weighted by Gasteiger charge is 2.30. The molecule has 1 saturated heterocycles. The smallest absolute Gasteiger partial charge is 0.339 e. The number of quaternary nitrogens is 1. The summed E-state index contributed by atoms with van der Waals surface area (Å²) in [5.74, 6) is 0.645. The number of rotatable bonds is 2. The van der Waals surface area contributed by atoms with Crippen molar-refractivity contribution in [3.05, 3.63) is 38.2 Å². The van der Waals surface area contributed by atoms with Crippen LogP contribution < -0.4 is 15.3 Å².